The van der Waals surface area contributed by atoms with E-state index in [1.807, 2.05) is 43.4 Å². The molecule has 5 rings (SSSR count). The third kappa shape index (κ3) is 4.56. The van der Waals surface area contributed by atoms with Crippen LogP contribution in [-0.4, -0.2) is 63.1 Å². The standard InChI is InChI=1S/C26H35N5O2/c1-29-23(14-15-27-29)26(33)31-18-19-8-6-16-30-17-7-11-21(25(19)30)22(31)12-5-13-24(32)28-20-9-3-2-4-10-20/h2-4,9-10,14-15,19,21-22,25H,5-8,11-13,16-18H2,1H3,(H,28,32)/t19-,21+,22+,25-/m0/s1. The largest absolute Gasteiger partial charge is 0.334 e. The fourth-order valence-electron chi connectivity index (χ4n) is 6.55. The van der Waals surface area contributed by atoms with E-state index in [2.05, 4.69) is 20.2 Å². The molecule has 176 valence electrons. The average molecular weight is 450 g/mol. The van der Waals surface area contributed by atoms with Gasteiger partial charge in [0.15, 0.2) is 0 Å². The first-order chi connectivity index (χ1) is 16.1. The summed E-state index contributed by atoms with van der Waals surface area (Å²) in [6, 6.07) is 12.2. The van der Waals surface area contributed by atoms with Crippen LogP contribution in [0.25, 0.3) is 0 Å². The van der Waals surface area contributed by atoms with Crippen LogP contribution in [0.5, 0.6) is 0 Å². The van der Waals surface area contributed by atoms with Gasteiger partial charge in [0.2, 0.25) is 5.91 Å². The minimum atomic E-state index is 0.0438. The monoisotopic (exact) mass is 449 g/mol. The van der Waals surface area contributed by atoms with Gasteiger partial charge in [-0.05, 0) is 81.6 Å². The number of anilines is 1. The van der Waals surface area contributed by atoms with E-state index < -0.39 is 0 Å². The number of hydrogen-bond acceptors (Lipinski definition) is 4. The Hall–Kier alpha value is -2.67. The number of benzene rings is 1. The number of carbonyl (C=O) groups is 2. The molecule has 0 aliphatic carbocycles. The number of rotatable bonds is 6. The summed E-state index contributed by atoms with van der Waals surface area (Å²) in [5.41, 5.74) is 1.49. The highest BCUT2D eigenvalue weighted by atomic mass is 16.2. The minimum Gasteiger partial charge on any atom is -0.334 e. The van der Waals surface area contributed by atoms with E-state index in [1.54, 1.807) is 10.9 Å². The van der Waals surface area contributed by atoms with Crippen LogP contribution in [0.2, 0.25) is 0 Å². The summed E-state index contributed by atoms with van der Waals surface area (Å²) in [5.74, 6) is 1.18. The molecule has 3 aliphatic heterocycles. The highest BCUT2D eigenvalue weighted by molar-refractivity contribution is 5.93. The van der Waals surface area contributed by atoms with Crippen molar-refractivity contribution >= 4 is 17.5 Å². The van der Waals surface area contributed by atoms with Crippen LogP contribution in [-0.2, 0) is 11.8 Å². The van der Waals surface area contributed by atoms with Gasteiger partial charge in [0.25, 0.3) is 5.91 Å². The number of nitrogens with one attached hydrogen (secondary N) is 1. The Balaban J connectivity index is 1.31. The van der Waals surface area contributed by atoms with Crippen molar-refractivity contribution in [1.29, 1.82) is 0 Å². The second kappa shape index (κ2) is 9.67. The van der Waals surface area contributed by atoms with Crippen LogP contribution in [0.3, 0.4) is 0 Å². The maximum Gasteiger partial charge on any atom is 0.272 e. The number of nitrogens with zero attached hydrogens (tertiary/aromatic N) is 4. The number of carbonyl (C=O) groups excluding carboxylic acids is 2. The fraction of sp³-hybridized carbons (Fsp3) is 0.577. The van der Waals surface area contributed by atoms with Crippen molar-refractivity contribution < 1.29 is 9.59 Å². The third-order valence-corrected chi connectivity index (χ3v) is 7.93. The molecule has 2 amide bonds. The van der Waals surface area contributed by atoms with E-state index in [4.69, 9.17) is 0 Å². The van der Waals surface area contributed by atoms with Crippen molar-refractivity contribution in [3.63, 3.8) is 0 Å². The number of aryl methyl sites for hydroxylation is 1. The predicted octanol–water partition coefficient (Wildman–Crippen LogP) is 3.54. The minimum absolute atomic E-state index is 0.0438. The molecule has 7 heteroatoms. The number of likely N-dealkylation sites (tertiary alicyclic amines) is 1. The molecule has 0 spiro atoms. The molecule has 4 atom stereocenters. The van der Waals surface area contributed by atoms with Gasteiger partial charge < -0.3 is 10.2 Å². The Labute approximate surface area is 196 Å². The van der Waals surface area contributed by atoms with Crippen molar-refractivity contribution in [2.75, 3.05) is 25.0 Å². The molecule has 0 radical (unpaired) electrons. The normalized spacial score (nSPS) is 27.1. The lowest BCUT2D eigenvalue weighted by Gasteiger charge is -2.57. The van der Waals surface area contributed by atoms with Gasteiger partial charge in [-0.2, -0.15) is 5.10 Å². The van der Waals surface area contributed by atoms with Gasteiger partial charge in [-0.1, -0.05) is 18.2 Å². The maximum absolute atomic E-state index is 13.6. The Morgan fingerprint density at radius 3 is 2.64 bits per heavy atom. The van der Waals surface area contributed by atoms with Crippen LogP contribution < -0.4 is 5.32 Å². The molecule has 0 bridgehead atoms. The molecule has 1 N–H and O–H groups in total. The molecule has 1 aromatic carbocycles. The van der Waals surface area contributed by atoms with Gasteiger partial charge in [-0.25, -0.2) is 0 Å². The van der Waals surface area contributed by atoms with E-state index >= 15 is 0 Å². The van der Waals surface area contributed by atoms with Crippen LogP contribution in [0.4, 0.5) is 5.69 Å². The topological polar surface area (TPSA) is 70.5 Å². The predicted molar refractivity (Wildman–Crippen MR) is 128 cm³/mol. The van der Waals surface area contributed by atoms with Crippen molar-refractivity contribution in [3.05, 3.63) is 48.3 Å². The number of piperidine rings is 3. The summed E-state index contributed by atoms with van der Waals surface area (Å²) < 4.78 is 1.69. The number of para-hydroxylation sites is 1. The molecule has 33 heavy (non-hydrogen) atoms. The molecule has 0 saturated carbocycles. The van der Waals surface area contributed by atoms with Crippen molar-refractivity contribution in [2.45, 2.75) is 57.0 Å². The summed E-state index contributed by atoms with van der Waals surface area (Å²) in [6.45, 7) is 3.21. The van der Waals surface area contributed by atoms with Crippen LogP contribution >= 0.6 is 0 Å². The zero-order valence-corrected chi connectivity index (χ0v) is 19.5. The Morgan fingerprint density at radius 1 is 1.09 bits per heavy atom. The maximum atomic E-state index is 13.6. The van der Waals surface area contributed by atoms with E-state index in [-0.39, 0.29) is 17.9 Å². The zero-order valence-electron chi connectivity index (χ0n) is 19.5. The van der Waals surface area contributed by atoms with Gasteiger partial charge in [0.05, 0.1) is 0 Å². The lowest BCUT2D eigenvalue weighted by atomic mass is 9.69. The molecule has 7 nitrogen and oxygen atoms in total. The van der Waals surface area contributed by atoms with Crippen LogP contribution in [0, 0.1) is 11.8 Å². The highest BCUT2D eigenvalue weighted by Crippen LogP contribution is 2.43. The number of amides is 2. The number of hydrogen-bond donors (Lipinski definition) is 1. The highest BCUT2D eigenvalue weighted by Gasteiger charge is 2.49. The molecule has 4 heterocycles. The van der Waals surface area contributed by atoms with E-state index in [0.29, 0.717) is 30.0 Å². The van der Waals surface area contributed by atoms with Crippen LogP contribution in [0.15, 0.2) is 42.6 Å². The zero-order chi connectivity index (χ0) is 22.8. The number of aromatic nitrogens is 2. The summed E-state index contributed by atoms with van der Waals surface area (Å²) in [5, 5.41) is 7.23. The van der Waals surface area contributed by atoms with E-state index in [0.717, 1.165) is 25.1 Å². The first kappa shape index (κ1) is 22.1. The van der Waals surface area contributed by atoms with E-state index in [1.165, 1.54) is 38.8 Å². The van der Waals surface area contributed by atoms with E-state index in [9.17, 15) is 9.59 Å². The second-order valence-electron chi connectivity index (χ2n) is 9.91. The summed E-state index contributed by atoms with van der Waals surface area (Å²) in [6.07, 6.45) is 8.64. The van der Waals surface area contributed by atoms with Gasteiger partial charge in [0, 0.05) is 44.0 Å². The molecule has 3 saturated heterocycles. The van der Waals surface area contributed by atoms with Crippen molar-refractivity contribution in [2.24, 2.45) is 18.9 Å². The lowest BCUT2D eigenvalue weighted by Crippen LogP contribution is -2.65. The molecule has 3 aliphatic rings. The first-order valence-electron chi connectivity index (χ1n) is 12.5. The van der Waals surface area contributed by atoms with Gasteiger partial charge in [-0.3, -0.25) is 19.2 Å². The summed E-state index contributed by atoms with van der Waals surface area (Å²) in [4.78, 5) is 31.0. The van der Waals surface area contributed by atoms with Gasteiger partial charge in [0.1, 0.15) is 5.69 Å². The summed E-state index contributed by atoms with van der Waals surface area (Å²) >= 11 is 0. The first-order valence-corrected chi connectivity index (χ1v) is 12.5. The van der Waals surface area contributed by atoms with Crippen LogP contribution in [0.1, 0.15) is 55.4 Å². The fourth-order valence-corrected chi connectivity index (χ4v) is 6.55. The average Bonchev–Trinajstić information content (AvgIpc) is 3.26. The Kier molecular flexibility index (Phi) is 6.49. The van der Waals surface area contributed by atoms with Crippen molar-refractivity contribution in [1.82, 2.24) is 19.6 Å². The second-order valence-corrected chi connectivity index (χ2v) is 9.91. The molecular formula is C26H35N5O2. The molecule has 3 fully saturated rings. The van der Waals surface area contributed by atoms with Crippen molar-refractivity contribution in [3.8, 4) is 0 Å². The SMILES string of the molecule is Cn1nccc1C(=O)N1C[C@@H]2CCCN3CCC[C@@H]([C@H]23)[C@H]1CCCC(=O)Nc1ccccc1. The molecule has 2 aromatic rings. The quantitative estimate of drug-likeness (QED) is 0.732. The Morgan fingerprint density at radius 2 is 1.88 bits per heavy atom. The van der Waals surface area contributed by atoms with Gasteiger partial charge in [-0.15, -0.1) is 0 Å². The smallest absolute Gasteiger partial charge is 0.272 e. The summed E-state index contributed by atoms with van der Waals surface area (Å²) in [7, 11) is 1.84. The lowest BCUT2D eigenvalue weighted by molar-refractivity contribution is -0.116. The molecule has 0 unspecified atom stereocenters. The Bertz CT molecular complexity index is 972. The van der Waals surface area contributed by atoms with Gasteiger partial charge >= 0.3 is 0 Å². The molecular weight excluding hydrogens is 414 g/mol. The third-order valence-electron chi connectivity index (χ3n) is 7.93. The molecule has 1 aromatic heterocycles.